The van der Waals surface area contributed by atoms with Crippen molar-refractivity contribution >= 4 is 5.78 Å². The molecule has 73 valence electrons. The molecule has 1 unspecified atom stereocenters. The maximum Gasteiger partial charge on any atom is 0.133 e. The average Bonchev–Trinajstić information content (AvgIpc) is 2.89. The van der Waals surface area contributed by atoms with Crippen molar-refractivity contribution in [3.63, 3.8) is 0 Å². The Bertz CT molecular complexity index is 241. The van der Waals surface area contributed by atoms with Gasteiger partial charge in [0.1, 0.15) is 5.78 Å². The summed E-state index contributed by atoms with van der Waals surface area (Å²) in [6, 6.07) is 12.5. The van der Waals surface area contributed by atoms with Crippen molar-refractivity contribution in [2.45, 2.75) is 12.5 Å². The van der Waals surface area contributed by atoms with Crippen LogP contribution in [0.25, 0.3) is 0 Å². The third kappa shape index (κ3) is 4.99. The summed E-state index contributed by atoms with van der Waals surface area (Å²) in [7, 11) is 0. The second-order valence-electron chi connectivity index (χ2n) is 2.92. The van der Waals surface area contributed by atoms with Crippen LogP contribution in [0.15, 0.2) is 30.3 Å². The van der Waals surface area contributed by atoms with E-state index in [9.17, 15) is 4.79 Å². The number of Topliss-reactive ketones (excluding diaryl/α,β-unsaturated/α-hetero) is 1. The summed E-state index contributed by atoms with van der Waals surface area (Å²) in [4.78, 5) is 10.3. The predicted molar refractivity (Wildman–Crippen MR) is 50.0 cm³/mol. The first kappa shape index (κ1) is 14.0. The van der Waals surface area contributed by atoms with Crippen molar-refractivity contribution < 1.29 is 42.2 Å². The van der Waals surface area contributed by atoms with Gasteiger partial charge in [0.2, 0.25) is 0 Å². The standard InChI is InChI=1S/C6H5.C5H7O2.Y/c1-2-4-6-5-3-1;1-4(6)5(2)3-7-5;/h1-5H;2-3H2,1H3;/q2*-1;. The molecular formula is C11H12O2Y-2. The molecule has 1 atom stereocenters. The van der Waals surface area contributed by atoms with Crippen LogP contribution < -0.4 is 0 Å². The molecule has 0 amide bonds. The van der Waals surface area contributed by atoms with Gasteiger partial charge in [-0.1, -0.05) is 0 Å². The molecule has 2 rings (SSSR count). The minimum absolute atomic E-state index is 0. The fourth-order valence-electron chi connectivity index (χ4n) is 0.632. The van der Waals surface area contributed by atoms with Gasteiger partial charge < -0.3 is 11.7 Å². The van der Waals surface area contributed by atoms with E-state index in [0.717, 1.165) is 0 Å². The number of rotatable bonds is 1. The molecule has 1 heterocycles. The number of hydrogen-bond acceptors (Lipinski definition) is 2. The number of benzene rings is 1. The molecule has 0 aromatic heterocycles. The van der Waals surface area contributed by atoms with Gasteiger partial charge in [0.15, 0.2) is 0 Å². The Labute approximate surface area is 110 Å². The fourth-order valence-corrected chi connectivity index (χ4v) is 0.632. The number of epoxide rings is 1. The topological polar surface area (TPSA) is 29.6 Å². The van der Waals surface area contributed by atoms with Crippen LogP contribution in [0.4, 0.5) is 0 Å². The molecule has 0 bridgehead atoms. The SMILES string of the molecule is [CH2-]C1(C(C)=O)CO1.[Y].[c-]1ccccc1. The molecule has 1 aromatic rings. The Morgan fingerprint density at radius 2 is 1.93 bits per heavy atom. The van der Waals surface area contributed by atoms with Crippen molar-refractivity contribution in [1.82, 2.24) is 0 Å². The van der Waals surface area contributed by atoms with Crippen LogP contribution in [0.2, 0.25) is 0 Å². The van der Waals surface area contributed by atoms with E-state index in [1.165, 1.54) is 6.92 Å². The fraction of sp³-hybridized carbons (Fsp3) is 0.273. The van der Waals surface area contributed by atoms with Crippen LogP contribution in [0.1, 0.15) is 6.92 Å². The molecule has 0 aliphatic carbocycles. The number of carbonyl (C=O) groups is 1. The minimum atomic E-state index is -0.639. The Morgan fingerprint density at radius 1 is 1.43 bits per heavy atom. The second kappa shape index (κ2) is 6.44. The van der Waals surface area contributed by atoms with Gasteiger partial charge in [-0.05, 0) is 6.92 Å². The molecule has 3 heteroatoms. The largest absolute Gasteiger partial charge is 0.397 e. The zero-order valence-electron chi connectivity index (χ0n) is 8.19. The summed E-state index contributed by atoms with van der Waals surface area (Å²) in [6.07, 6.45) is 0. The number of hydrogen-bond donors (Lipinski definition) is 0. The van der Waals surface area contributed by atoms with Crippen molar-refractivity contribution in [1.29, 1.82) is 0 Å². The van der Waals surface area contributed by atoms with E-state index in [1.807, 2.05) is 30.3 Å². The van der Waals surface area contributed by atoms with Gasteiger partial charge in [-0.25, -0.2) is 0 Å². The van der Waals surface area contributed by atoms with E-state index < -0.39 is 5.60 Å². The van der Waals surface area contributed by atoms with Gasteiger partial charge in [-0.3, -0.25) is 4.79 Å². The Hall–Kier alpha value is -0.0461. The molecule has 0 N–H and O–H groups in total. The van der Waals surface area contributed by atoms with E-state index >= 15 is 0 Å². The minimum Gasteiger partial charge on any atom is -0.397 e. The third-order valence-corrected chi connectivity index (χ3v) is 1.74. The molecule has 14 heavy (non-hydrogen) atoms. The van der Waals surface area contributed by atoms with Gasteiger partial charge in [0.25, 0.3) is 0 Å². The van der Waals surface area contributed by atoms with Crippen LogP contribution in [0.5, 0.6) is 0 Å². The third-order valence-electron chi connectivity index (χ3n) is 1.74. The van der Waals surface area contributed by atoms with Crippen LogP contribution >= 0.6 is 0 Å². The van der Waals surface area contributed by atoms with Crippen molar-refractivity contribution in [3.8, 4) is 0 Å². The van der Waals surface area contributed by atoms with Crippen LogP contribution in [-0.2, 0) is 42.2 Å². The van der Waals surface area contributed by atoms with Gasteiger partial charge in [-0.2, -0.15) is 36.4 Å². The molecule has 0 saturated carbocycles. The maximum atomic E-state index is 10.3. The molecular weight excluding hydrogens is 253 g/mol. The molecule has 1 radical (unpaired) electrons. The monoisotopic (exact) mass is 265 g/mol. The molecule has 1 aliphatic rings. The summed E-state index contributed by atoms with van der Waals surface area (Å²) < 4.78 is 4.70. The van der Waals surface area contributed by atoms with Gasteiger partial charge in [0.05, 0.1) is 6.61 Å². The second-order valence-corrected chi connectivity index (χ2v) is 2.92. The number of ketones is 1. The van der Waals surface area contributed by atoms with Crippen LogP contribution in [0, 0.1) is 13.0 Å². The van der Waals surface area contributed by atoms with Crippen LogP contribution in [-0.4, -0.2) is 18.0 Å². The van der Waals surface area contributed by atoms with Crippen molar-refractivity contribution in [2.24, 2.45) is 0 Å². The Morgan fingerprint density at radius 3 is 2.00 bits per heavy atom. The van der Waals surface area contributed by atoms with E-state index in [2.05, 4.69) is 13.0 Å². The van der Waals surface area contributed by atoms with E-state index in [1.54, 1.807) is 0 Å². The maximum absolute atomic E-state index is 10.3. The van der Waals surface area contributed by atoms with Crippen molar-refractivity contribution in [2.75, 3.05) is 6.61 Å². The molecule has 2 nitrogen and oxygen atoms in total. The normalized spacial score (nSPS) is 22.4. The Balaban J connectivity index is 0.000000227. The molecule has 1 fully saturated rings. The first-order valence-corrected chi connectivity index (χ1v) is 4.06. The molecule has 0 spiro atoms. The van der Waals surface area contributed by atoms with E-state index in [0.29, 0.717) is 6.61 Å². The zero-order valence-corrected chi connectivity index (χ0v) is 11.0. The Kier molecular flexibility index (Phi) is 6.42. The van der Waals surface area contributed by atoms with Crippen molar-refractivity contribution in [3.05, 3.63) is 43.3 Å². The summed E-state index contributed by atoms with van der Waals surface area (Å²) in [5, 5.41) is 0. The number of carbonyl (C=O) groups excluding carboxylic acids is 1. The zero-order chi connectivity index (χ0) is 9.73. The summed E-state index contributed by atoms with van der Waals surface area (Å²) in [5.74, 6) is 0.0208. The molecule has 1 aliphatic heterocycles. The predicted octanol–water partition coefficient (Wildman–Crippen LogP) is 1.66. The van der Waals surface area contributed by atoms with Gasteiger partial charge >= 0.3 is 0 Å². The van der Waals surface area contributed by atoms with Gasteiger partial charge in [0, 0.05) is 38.3 Å². The first-order chi connectivity index (χ1) is 6.15. The van der Waals surface area contributed by atoms with E-state index in [4.69, 9.17) is 4.74 Å². The smallest absolute Gasteiger partial charge is 0.133 e. The quantitative estimate of drug-likeness (QED) is 0.571. The molecule has 1 aromatic carbocycles. The molecule has 1 saturated heterocycles. The van der Waals surface area contributed by atoms with Gasteiger partial charge in [-0.15, -0.1) is 0 Å². The van der Waals surface area contributed by atoms with E-state index in [-0.39, 0.29) is 38.5 Å². The summed E-state index contributed by atoms with van der Waals surface area (Å²) in [6.45, 7) is 5.50. The first-order valence-electron chi connectivity index (χ1n) is 4.06. The number of ether oxygens (including phenoxy) is 1. The van der Waals surface area contributed by atoms with Crippen LogP contribution in [0.3, 0.4) is 0 Å². The summed E-state index contributed by atoms with van der Waals surface area (Å²) >= 11 is 0. The summed E-state index contributed by atoms with van der Waals surface area (Å²) in [5.41, 5.74) is -0.639. The average molecular weight is 265 g/mol.